The van der Waals surface area contributed by atoms with Gasteiger partial charge < -0.3 is 25.2 Å². The highest BCUT2D eigenvalue weighted by atomic mass is 31.2. The molecule has 0 aromatic heterocycles. The van der Waals surface area contributed by atoms with Gasteiger partial charge in [0.05, 0.1) is 6.04 Å². The molecular weight excluding hydrogens is 197 g/mol. The van der Waals surface area contributed by atoms with Gasteiger partial charge in [-0.05, 0) is 12.3 Å². The molecule has 0 saturated heterocycles. The van der Waals surface area contributed by atoms with Crippen LogP contribution in [0, 0.1) is 5.92 Å². The predicted octanol–water partition coefficient (Wildman–Crippen LogP) is -0.370. The van der Waals surface area contributed by atoms with Crippen molar-refractivity contribution >= 4 is 14.1 Å². The van der Waals surface area contributed by atoms with Crippen LogP contribution < -0.4 is 5.73 Å². The van der Waals surface area contributed by atoms with Crippen molar-refractivity contribution in [2.24, 2.45) is 11.7 Å². The van der Waals surface area contributed by atoms with Gasteiger partial charge in [0, 0.05) is 0 Å². The Kier molecular flexibility index (Phi) is 8.40. The predicted molar refractivity (Wildman–Crippen MR) is 47.8 cm³/mol. The lowest BCUT2D eigenvalue weighted by molar-refractivity contribution is -0.109. The van der Waals surface area contributed by atoms with Gasteiger partial charge in [-0.25, -0.2) is 4.57 Å². The number of carbonyl (C=O) groups is 1. The second-order valence-electron chi connectivity index (χ2n) is 2.94. The van der Waals surface area contributed by atoms with Crippen molar-refractivity contribution in [2.75, 3.05) is 0 Å². The maximum Gasteiger partial charge on any atom is 0.466 e. The van der Waals surface area contributed by atoms with Crippen LogP contribution in [-0.4, -0.2) is 27.0 Å². The molecule has 0 heterocycles. The monoisotopic (exact) mass is 213 g/mol. The van der Waals surface area contributed by atoms with E-state index in [0.29, 0.717) is 5.92 Å². The van der Waals surface area contributed by atoms with Gasteiger partial charge in [-0.1, -0.05) is 13.8 Å². The van der Waals surface area contributed by atoms with Crippen LogP contribution >= 0.6 is 7.82 Å². The first-order valence-electron chi connectivity index (χ1n) is 3.66. The largest absolute Gasteiger partial charge is 0.466 e. The van der Waals surface area contributed by atoms with E-state index in [1.54, 1.807) is 0 Å². The fourth-order valence-corrected chi connectivity index (χ4v) is 0.600. The fourth-order valence-electron chi connectivity index (χ4n) is 0.600. The third kappa shape index (κ3) is 33.8. The zero-order chi connectivity index (χ0) is 11.1. The van der Waals surface area contributed by atoms with Gasteiger partial charge in [-0.15, -0.1) is 0 Å². The summed E-state index contributed by atoms with van der Waals surface area (Å²) in [5.41, 5.74) is 5.31. The van der Waals surface area contributed by atoms with Crippen molar-refractivity contribution in [1.82, 2.24) is 0 Å². The van der Waals surface area contributed by atoms with E-state index in [2.05, 4.69) is 0 Å². The molecule has 0 saturated carbocycles. The zero-order valence-electron chi connectivity index (χ0n) is 7.62. The number of rotatable bonds is 3. The summed E-state index contributed by atoms with van der Waals surface area (Å²) in [4.78, 5) is 31.5. The van der Waals surface area contributed by atoms with E-state index in [-0.39, 0.29) is 6.04 Å². The molecule has 7 heteroatoms. The molecule has 80 valence electrons. The molecule has 0 aliphatic carbocycles. The summed E-state index contributed by atoms with van der Waals surface area (Å²) < 4.78 is 8.88. The lowest BCUT2D eigenvalue weighted by Crippen LogP contribution is -2.23. The summed E-state index contributed by atoms with van der Waals surface area (Å²) in [5, 5.41) is 0. The minimum atomic E-state index is -4.64. The Labute approximate surface area is 77.0 Å². The van der Waals surface area contributed by atoms with Gasteiger partial charge in [0.15, 0.2) is 0 Å². The molecule has 1 unspecified atom stereocenters. The molecule has 6 nitrogen and oxygen atoms in total. The highest BCUT2D eigenvalue weighted by Crippen LogP contribution is 2.25. The van der Waals surface area contributed by atoms with Crippen LogP contribution in [0.25, 0.3) is 0 Å². The summed E-state index contributed by atoms with van der Waals surface area (Å²) >= 11 is 0. The standard InChI is InChI=1S/C6H13NO.H3O4P/c1-5(2)3-6(7)4-8;1-5(2,3)4/h4-6H,3,7H2,1-2H3;(H3,1,2,3,4). The first-order chi connectivity index (χ1) is 5.66. The topological polar surface area (TPSA) is 121 Å². The van der Waals surface area contributed by atoms with Crippen LogP contribution in [0.3, 0.4) is 0 Å². The summed E-state index contributed by atoms with van der Waals surface area (Å²) in [6.07, 6.45) is 1.59. The highest BCUT2D eigenvalue weighted by Gasteiger charge is 2.01. The molecule has 0 aromatic rings. The van der Waals surface area contributed by atoms with Crippen molar-refractivity contribution in [1.29, 1.82) is 0 Å². The van der Waals surface area contributed by atoms with E-state index >= 15 is 0 Å². The molecule has 1 atom stereocenters. The second-order valence-corrected chi connectivity index (χ2v) is 3.97. The molecule has 0 rings (SSSR count). The van der Waals surface area contributed by atoms with Gasteiger partial charge in [0.25, 0.3) is 0 Å². The smallest absolute Gasteiger partial charge is 0.322 e. The Morgan fingerprint density at radius 3 is 1.77 bits per heavy atom. The van der Waals surface area contributed by atoms with E-state index in [0.717, 1.165) is 12.7 Å². The summed E-state index contributed by atoms with van der Waals surface area (Å²) in [6.45, 7) is 4.09. The van der Waals surface area contributed by atoms with Crippen molar-refractivity contribution in [3.8, 4) is 0 Å². The van der Waals surface area contributed by atoms with Crippen LogP contribution in [-0.2, 0) is 9.36 Å². The Morgan fingerprint density at radius 1 is 1.38 bits per heavy atom. The summed E-state index contributed by atoms with van der Waals surface area (Å²) in [5.74, 6) is 0.523. The minimum Gasteiger partial charge on any atom is -0.322 e. The Balaban J connectivity index is 0. The average Bonchev–Trinajstić information content (AvgIpc) is 1.82. The fraction of sp³-hybridized carbons (Fsp3) is 0.833. The Bertz CT molecular complexity index is 170. The summed E-state index contributed by atoms with van der Waals surface area (Å²) in [7, 11) is -4.64. The number of nitrogens with two attached hydrogens (primary N) is 1. The number of carbonyl (C=O) groups excluding carboxylic acids is 1. The van der Waals surface area contributed by atoms with E-state index in [1.165, 1.54) is 0 Å². The molecule has 0 amide bonds. The molecule has 0 aliphatic heterocycles. The first kappa shape index (κ1) is 15.2. The normalized spacial score (nSPS) is 13.2. The molecule has 0 fully saturated rings. The maximum atomic E-state index is 9.92. The van der Waals surface area contributed by atoms with Crippen molar-refractivity contribution in [2.45, 2.75) is 26.3 Å². The molecular formula is C6H16NO5P. The van der Waals surface area contributed by atoms with E-state index in [9.17, 15) is 4.79 Å². The number of hydrogen-bond donors (Lipinski definition) is 4. The van der Waals surface area contributed by atoms with Gasteiger partial charge >= 0.3 is 7.82 Å². The van der Waals surface area contributed by atoms with Crippen LogP contribution in [0.5, 0.6) is 0 Å². The summed E-state index contributed by atoms with van der Waals surface area (Å²) in [6, 6.07) is -0.255. The van der Waals surface area contributed by atoms with Crippen molar-refractivity contribution in [3.05, 3.63) is 0 Å². The van der Waals surface area contributed by atoms with Crippen LogP contribution in [0.15, 0.2) is 0 Å². The molecule has 0 aliphatic rings. The number of phosphoric acid groups is 1. The van der Waals surface area contributed by atoms with Gasteiger partial charge in [0.2, 0.25) is 0 Å². The lowest BCUT2D eigenvalue weighted by atomic mass is 10.1. The highest BCUT2D eigenvalue weighted by molar-refractivity contribution is 7.45. The van der Waals surface area contributed by atoms with Crippen LogP contribution in [0.1, 0.15) is 20.3 Å². The third-order valence-electron chi connectivity index (χ3n) is 0.918. The molecule has 0 aromatic carbocycles. The number of aldehydes is 1. The van der Waals surface area contributed by atoms with E-state index < -0.39 is 7.82 Å². The van der Waals surface area contributed by atoms with E-state index in [1.807, 2.05) is 13.8 Å². The van der Waals surface area contributed by atoms with E-state index in [4.69, 9.17) is 25.0 Å². The quantitative estimate of drug-likeness (QED) is 0.375. The van der Waals surface area contributed by atoms with Gasteiger partial charge in [-0.3, -0.25) is 0 Å². The first-order valence-corrected chi connectivity index (χ1v) is 5.22. The minimum absolute atomic E-state index is 0.255. The molecule has 0 radical (unpaired) electrons. The number of hydrogen-bond acceptors (Lipinski definition) is 3. The van der Waals surface area contributed by atoms with Crippen LogP contribution in [0.2, 0.25) is 0 Å². The Morgan fingerprint density at radius 2 is 1.69 bits per heavy atom. The van der Waals surface area contributed by atoms with Gasteiger partial charge in [-0.2, -0.15) is 0 Å². The van der Waals surface area contributed by atoms with Gasteiger partial charge in [0.1, 0.15) is 6.29 Å². The molecule has 5 N–H and O–H groups in total. The molecule has 13 heavy (non-hydrogen) atoms. The van der Waals surface area contributed by atoms with Crippen molar-refractivity contribution < 1.29 is 24.0 Å². The average molecular weight is 213 g/mol. The molecule has 0 bridgehead atoms. The molecule has 0 spiro atoms. The lowest BCUT2D eigenvalue weighted by Gasteiger charge is -2.04. The zero-order valence-corrected chi connectivity index (χ0v) is 8.52. The maximum absolute atomic E-state index is 9.92. The van der Waals surface area contributed by atoms with Crippen LogP contribution in [0.4, 0.5) is 0 Å². The van der Waals surface area contributed by atoms with Crippen molar-refractivity contribution in [3.63, 3.8) is 0 Å². The second kappa shape index (κ2) is 7.17. The Hall–Kier alpha value is -0.260. The third-order valence-corrected chi connectivity index (χ3v) is 0.918. The SMILES string of the molecule is CC(C)CC(N)C=O.O=P(O)(O)O.